The monoisotopic (exact) mass is 159 g/mol. The average Bonchev–Trinajstić information content (AvgIpc) is 2.53. The van der Waals surface area contributed by atoms with Crippen LogP contribution in [0.4, 0.5) is 0 Å². The molecule has 2 heterocycles. The normalized spacial score (nSPS) is 10.3. The highest BCUT2D eigenvalue weighted by atomic mass is 16.3. The zero-order chi connectivity index (χ0) is 8.39. The number of pyridine rings is 1. The molecule has 0 aliphatic rings. The Bertz CT molecular complexity index is 403. The second kappa shape index (κ2) is 2.81. The van der Waals surface area contributed by atoms with E-state index >= 15 is 0 Å². The number of aromatic nitrogens is 1. The number of nitrogens with zero attached hydrogens (tertiary/aromatic N) is 1. The van der Waals surface area contributed by atoms with Crippen LogP contribution in [-0.2, 0) is 6.42 Å². The Morgan fingerprint density at radius 1 is 1.50 bits per heavy atom. The molecule has 2 nitrogen and oxygen atoms in total. The minimum Gasteiger partial charge on any atom is -0.464 e. The van der Waals surface area contributed by atoms with Crippen LogP contribution in [0.2, 0.25) is 0 Å². The van der Waals surface area contributed by atoms with E-state index in [0.29, 0.717) is 0 Å². The quantitative estimate of drug-likeness (QED) is 0.629. The molecule has 2 aromatic rings. The van der Waals surface area contributed by atoms with E-state index < -0.39 is 0 Å². The zero-order valence-electron chi connectivity index (χ0n) is 6.66. The average molecular weight is 159 g/mol. The predicted octanol–water partition coefficient (Wildman–Crippen LogP) is 2.56. The molecular formula is C10H9NO. The van der Waals surface area contributed by atoms with E-state index in [9.17, 15) is 0 Å². The molecule has 2 aromatic heterocycles. The van der Waals surface area contributed by atoms with Crippen LogP contribution < -0.4 is 0 Å². The van der Waals surface area contributed by atoms with E-state index in [4.69, 9.17) is 4.42 Å². The standard InChI is InChI=1S/C10H9NO/c1-2-3-9-8-5-7-12-10(8)4-6-11-9/h2,4-7H,1,3H2. The van der Waals surface area contributed by atoms with Gasteiger partial charge >= 0.3 is 0 Å². The van der Waals surface area contributed by atoms with Gasteiger partial charge in [-0.2, -0.15) is 0 Å². The summed E-state index contributed by atoms with van der Waals surface area (Å²) in [6.07, 6.45) is 6.06. The summed E-state index contributed by atoms with van der Waals surface area (Å²) in [5.41, 5.74) is 1.91. The topological polar surface area (TPSA) is 26.0 Å². The summed E-state index contributed by atoms with van der Waals surface area (Å²) >= 11 is 0. The molecule has 0 N–H and O–H groups in total. The smallest absolute Gasteiger partial charge is 0.137 e. The van der Waals surface area contributed by atoms with Crippen LogP contribution in [0.1, 0.15) is 5.69 Å². The SMILES string of the molecule is C=CCc1nccc2occc12. The lowest BCUT2D eigenvalue weighted by Gasteiger charge is -1.95. The second-order valence-electron chi connectivity index (χ2n) is 2.58. The Balaban J connectivity index is 2.65. The minimum absolute atomic E-state index is 0.789. The van der Waals surface area contributed by atoms with Gasteiger partial charge in [0.25, 0.3) is 0 Å². The van der Waals surface area contributed by atoms with Gasteiger partial charge < -0.3 is 4.42 Å². The molecule has 0 fully saturated rings. The van der Waals surface area contributed by atoms with Crippen molar-refractivity contribution in [3.63, 3.8) is 0 Å². The van der Waals surface area contributed by atoms with E-state index in [2.05, 4.69) is 11.6 Å². The predicted molar refractivity (Wildman–Crippen MR) is 47.9 cm³/mol. The van der Waals surface area contributed by atoms with Crippen molar-refractivity contribution in [3.05, 3.63) is 42.9 Å². The molecule has 0 aromatic carbocycles. The summed E-state index contributed by atoms with van der Waals surface area (Å²) in [4.78, 5) is 4.24. The maximum atomic E-state index is 5.23. The van der Waals surface area contributed by atoms with Gasteiger partial charge in [0, 0.05) is 18.0 Å². The molecule has 0 radical (unpaired) electrons. The summed E-state index contributed by atoms with van der Waals surface area (Å²) < 4.78 is 5.23. The van der Waals surface area contributed by atoms with Gasteiger partial charge in [0.15, 0.2) is 0 Å². The highest BCUT2D eigenvalue weighted by Gasteiger charge is 2.01. The molecule has 12 heavy (non-hydrogen) atoms. The fourth-order valence-corrected chi connectivity index (χ4v) is 1.25. The minimum atomic E-state index is 0.789. The van der Waals surface area contributed by atoms with Crippen LogP contribution >= 0.6 is 0 Å². The first kappa shape index (κ1) is 7.10. The largest absolute Gasteiger partial charge is 0.464 e. The summed E-state index contributed by atoms with van der Waals surface area (Å²) in [7, 11) is 0. The number of rotatable bonds is 2. The molecule has 0 amide bonds. The van der Waals surface area contributed by atoms with Gasteiger partial charge in [-0.15, -0.1) is 6.58 Å². The summed E-state index contributed by atoms with van der Waals surface area (Å²) in [5, 5.41) is 1.08. The molecule has 0 saturated carbocycles. The van der Waals surface area contributed by atoms with E-state index in [1.807, 2.05) is 18.2 Å². The van der Waals surface area contributed by atoms with Gasteiger partial charge in [-0.1, -0.05) is 6.08 Å². The Morgan fingerprint density at radius 3 is 3.25 bits per heavy atom. The van der Waals surface area contributed by atoms with Crippen molar-refractivity contribution in [2.24, 2.45) is 0 Å². The lowest BCUT2D eigenvalue weighted by molar-refractivity contribution is 0.615. The van der Waals surface area contributed by atoms with Crippen molar-refractivity contribution < 1.29 is 4.42 Å². The Labute approximate surface area is 70.5 Å². The third-order valence-electron chi connectivity index (χ3n) is 1.80. The van der Waals surface area contributed by atoms with Crippen molar-refractivity contribution in [2.75, 3.05) is 0 Å². The molecule has 0 spiro atoms. The fraction of sp³-hybridized carbons (Fsp3) is 0.100. The molecule has 0 aliphatic carbocycles. The van der Waals surface area contributed by atoms with Crippen molar-refractivity contribution in [2.45, 2.75) is 6.42 Å². The van der Waals surface area contributed by atoms with Gasteiger partial charge in [0.1, 0.15) is 5.58 Å². The number of hydrogen-bond donors (Lipinski definition) is 0. The maximum Gasteiger partial charge on any atom is 0.137 e. The third-order valence-corrected chi connectivity index (χ3v) is 1.80. The number of furan rings is 1. The van der Waals surface area contributed by atoms with Gasteiger partial charge in [0.05, 0.1) is 12.0 Å². The number of hydrogen-bond acceptors (Lipinski definition) is 2. The second-order valence-corrected chi connectivity index (χ2v) is 2.58. The fourth-order valence-electron chi connectivity index (χ4n) is 1.25. The Hall–Kier alpha value is -1.57. The molecule has 0 saturated heterocycles. The molecule has 0 atom stereocenters. The molecule has 60 valence electrons. The summed E-state index contributed by atoms with van der Waals surface area (Å²) in [6, 6.07) is 3.79. The van der Waals surface area contributed by atoms with Crippen molar-refractivity contribution in [1.82, 2.24) is 4.98 Å². The molecule has 2 rings (SSSR count). The van der Waals surface area contributed by atoms with E-state index in [-0.39, 0.29) is 0 Å². The summed E-state index contributed by atoms with van der Waals surface area (Å²) in [5.74, 6) is 0. The maximum absolute atomic E-state index is 5.23. The molecule has 2 heteroatoms. The third kappa shape index (κ3) is 1.01. The Morgan fingerprint density at radius 2 is 2.42 bits per heavy atom. The van der Waals surface area contributed by atoms with Crippen LogP contribution in [0.15, 0.2) is 41.7 Å². The highest BCUT2D eigenvalue weighted by molar-refractivity contribution is 5.79. The van der Waals surface area contributed by atoms with Gasteiger partial charge in [-0.25, -0.2) is 0 Å². The van der Waals surface area contributed by atoms with Crippen LogP contribution in [0, 0.1) is 0 Å². The number of allylic oxidation sites excluding steroid dienone is 1. The van der Waals surface area contributed by atoms with Crippen molar-refractivity contribution in [1.29, 1.82) is 0 Å². The highest BCUT2D eigenvalue weighted by Crippen LogP contribution is 2.17. The van der Waals surface area contributed by atoms with Crippen molar-refractivity contribution >= 4 is 11.0 Å². The first-order valence-electron chi connectivity index (χ1n) is 3.84. The first-order valence-corrected chi connectivity index (χ1v) is 3.84. The lowest BCUT2D eigenvalue weighted by Crippen LogP contribution is -1.85. The van der Waals surface area contributed by atoms with E-state index in [0.717, 1.165) is 23.1 Å². The molecule has 0 bridgehead atoms. The van der Waals surface area contributed by atoms with Crippen LogP contribution in [0.3, 0.4) is 0 Å². The van der Waals surface area contributed by atoms with Crippen LogP contribution in [0.25, 0.3) is 11.0 Å². The van der Waals surface area contributed by atoms with Crippen LogP contribution in [-0.4, -0.2) is 4.98 Å². The lowest BCUT2D eigenvalue weighted by atomic mass is 10.2. The summed E-state index contributed by atoms with van der Waals surface area (Å²) in [6.45, 7) is 3.68. The Kier molecular flexibility index (Phi) is 1.67. The van der Waals surface area contributed by atoms with E-state index in [1.165, 1.54) is 0 Å². The van der Waals surface area contributed by atoms with Gasteiger partial charge in [0.2, 0.25) is 0 Å². The molecule has 0 unspecified atom stereocenters. The van der Waals surface area contributed by atoms with Gasteiger partial charge in [-0.3, -0.25) is 4.98 Å². The van der Waals surface area contributed by atoms with Crippen LogP contribution in [0.5, 0.6) is 0 Å². The van der Waals surface area contributed by atoms with Gasteiger partial charge in [-0.05, 0) is 12.1 Å². The van der Waals surface area contributed by atoms with Crippen molar-refractivity contribution in [3.8, 4) is 0 Å². The van der Waals surface area contributed by atoms with E-state index in [1.54, 1.807) is 12.5 Å². The zero-order valence-corrected chi connectivity index (χ0v) is 6.66. The first-order chi connectivity index (χ1) is 5.92. The number of fused-ring (bicyclic) bond motifs is 1. The molecular weight excluding hydrogens is 150 g/mol. The molecule has 0 aliphatic heterocycles.